The molecule has 7 heteroatoms. The highest BCUT2D eigenvalue weighted by Crippen LogP contribution is 2.65. The highest BCUT2D eigenvalue weighted by molar-refractivity contribution is 5.93. The number of para-hydroxylation sites is 1. The van der Waals surface area contributed by atoms with Gasteiger partial charge < -0.3 is 19.8 Å². The Labute approximate surface area is 158 Å². The molecule has 0 radical (unpaired) electrons. The van der Waals surface area contributed by atoms with E-state index in [4.69, 9.17) is 0 Å². The molecule has 4 rings (SSSR count). The van der Waals surface area contributed by atoms with Crippen molar-refractivity contribution in [1.82, 2.24) is 4.90 Å². The Morgan fingerprint density at radius 3 is 2.74 bits per heavy atom. The lowest BCUT2D eigenvalue weighted by atomic mass is 9.91. The fraction of sp³-hybridized carbons (Fsp3) is 0.500. The van der Waals surface area contributed by atoms with Crippen molar-refractivity contribution in [2.75, 3.05) is 11.9 Å². The number of hydrogen-bond acceptors (Lipinski definition) is 5. The SMILES string of the molecule is C=CC(C)(C)N1c2ccccc2C2(C[C@@H]3N=C([O-])[C@H](C)N(C)C3=O)[C@@H]1[O+]2[O-]. The van der Waals surface area contributed by atoms with Gasteiger partial charge >= 0.3 is 6.23 Å². The van der Waals surface area contributed by atoms with Gasteiger partial charge in [-0.1, -0.05) is 18.2 Å². The molecule has 0 N–H and O–H groups in total. The van der Waals surface area contributed by atoms with Crippen LogP contribution in [-0.4, -0.2) is 47.6 Å². The van der Waals surface area contributed by atoms with E-state index >= 15 is 0 Å². The van der Waals surface area contributed by atoms with Gasteiger partial charge in [0.05, 0.1) is 29.3 Å². The van der Waals surface area contributed by atoms with Crippen molar-refractivity contribution in [3.8, 4) is 0 Å². The van der Waals surface area contributed by atoms with Gasteiger partial charge in [0.25, 0.3) is 5.60 Å². The van der Waals surface area contributed by atoms with Gasteiger partial charge in [-0.15, -0.1) is 6.58 Å². The van der Waals surface area contributed by atoms with Crippen LogP contribution in [-0.2, 0) is 14.9 Å². The van der Waals surface area contributed by atoms with E-state index in [1.54, 1.807) is 14.0 Å². The minimum absolute atomic E-state index is 0.161. The molecule has 3 aliphatic rings. The lowest BCUT2D eigenvalue weighted by Gasteiger charge is -2.36. The number of rotatable bonds is 4. The number of anilines is 1. The molecule has 4 atom stereocenters. The van der Waals surface area contributed by atoms with Crippen LogP contribution in [0.5, 0.6) is 0 Å². The second kappa shape index (κ2) is 5.56. The number of hydrogen-bond donors (Lipinski definition) is 0. The van der Waals surface area contributed by atoms with Gasteiger partial charge in [-0.2, -0.15) is 0 Å². The number of carbonyl (C=O) groups excluding carboxylic acids is 1. The zero-order chi connectivity index (χ0) is 19.7. The van der Waals surface area contributed by atoms with E-state index in [0.29, 0.717) is 0 Å². The van der Waals surface area contributed by atoms with Crippen molar-refractivity contribution >= 4 is 17.5 Å². The van der Waals surface area contributed by atoms with Gasteiger partial charge in [0.15, 0.2) is 0 Å². The van der Waals surface area contributed by atoms with Crippen LogP contribution in [0.4, 0.5) is 5.69 Å². The van der Waals surface area contributed by atoms with Crippen LogP contribution in [0.25, 0.3) is 0 Å². The Morgan fingerprint density at radius 2 is 2.07 bits per heavy atom. The van der Waals surface area contributed by atoms with Crippen LogP contribution in [0.1, 0.15) is 32.8 Å². The van der Waals surface area contributed by atoms with Gasteiger partial charge in [-0.3, -0.25) is 14.7 Å². The molecule has 144 valence electrons. The van der Waals surface area contributed by atoms with Crippen LogP contribution in [0, 0.1) is 0 Å². The minimum atomic E-state index is -0.942. The maximum Gasteiger partial charge on any atom is 0.324 e. The summed E-state index contributed by atoms with van der Waals surface area (Å²) in [5.74, 6) is -0.553. The van der Waals surface area contributed by atoms with E-state index in [0.717, 1.165) is 11.3 Å². The maximum absolute atomic E-state index is 12.9. The van der Waals surface area contributed by atoms with E-state index in [-0.39, 0.29) is 18.2 Å². The number of nitrogens with zero attached hydrogens (tertiary/aromatic N) is 3. The molecule has 27 heavy (non-hydrogen) atoms. The Morgan fingerprint density at radius 1 is 1.41 bits per heavy atom. The van der Waals surface area contributed by atoms with Crippen LogP contribution in [0.15, 0.2) is 41.9 Å². The zero-order valence-corrected chi connectivity index (χ0v) is 16.0. The summed E-state index contributed by atoms with van der Waals surface area (Å²) < 4.78 is 1.98. The second-order valence-corrected chi connectivity index (χ2v) is 8.10. The predicted octanol–water partition coefficient (Wildman–Crippen LogP) is 0.212. The molecule has 1 saturated heterocycles. The van der Waals surface area contributed by atoms with E-state index in [1.807, 2.05) is 53.6 Å². The summed E-state index contributed by atoms with van der Waals surface area (Å²) in [6.45, 7) is 9.56. The molecule has 1 aromatic carbocycles. The third-order valence-corrected chi connectivity index (χ3v) is 6.23. The molecule has 0 saturated carbocycles. The summed E-state index contributed by atoms with van der Waals surface area (Å²) in [7, 11) is 1.60. The Hall–Kier alpha value is -2.38. The predicted molar refractivity (Wildman–Crippen MR) is 97.8 cm³/mol. The summed E-state index contributed by atoms with van der Waals surface area (Å²) in [6.07, 6.45) is 1.46. The van der Waals surface area contributed by atoms with Gasteiger partial charge in [0, 0.05) is 7.05 Å². The number of epoxide rings is 1. The molecule has 0 aromatic heterocycles. The second-order valence-electron chi connectivity index (χ2n) is 8.10. The van der Waals surface area contributed by atoms with Crippen molar-refractivity contribution < 1.29 is 19.7 Å². The zero-order valence-electron chi connectivity index (χ0n) is 16.0. The molecule has 1 aromatic rings. The van der Waals surface area contributed by atoms with Crippen molar-refractivity contribution in [2.45, 2.75) is 56.6 Å². The van der Waals surface area contributed by atoms with E-state index < -0.39 is 29.5 Å². The lowest BCUT2D eigenvalue weighted by molar-refractivity contribution is -0.753. The van der Waals surface area contributed by atoms with Gasteiger partial charge in [-0.05, 0) is 38.8 Å². The van der Waals surface area contributed by atoms with Crippen LogP contribution in [0.3, 0.4) is 0 Å². The normalized spacial score (nSPS) is 32.9. The molecule has 0 aliphatic carbocycles. The number of carbonyl (C=O) groups is 1. The first-order valence-electron chi connectivity index (χ1n) is 9.11. The molecule has 0 spiro atoms. The molecule has 0 bridgehead atoms. The number of benzene rings is 1. The molecule has 7 nitrogen and oxygen atoms in total. The summed E-state index contributed by atoms with van der Waals surface area (Å²) in [4.78, 5) is 20.2. The first-order chi connectivity index (χ1) is 12.7. The monoisotopic (exact) mass is 370 g/mol. The highest BCUT2D eigenvalue weighted by Gasteiger charge is 2.81. The van der Waals surface area contributed by atoms with Gasteiger partial charge in [-0.25, -0.2) is 0 Å². The van der Waals surface area contributed by atoms with Crippen LogP contribution in [0.2, 0.25) is 0 Å². The Kier molecular flexibility index (Phi) is 3.71. The summed E-state index contributed by atoms with van der Waals surface area (Å²) in [6, 6.07) is 6.28. The van der Waals surface area contributed by atoms with Crippen LogP contribution >= 0.6 is 0 Å². The molecule has 1 amide bonds. The molecule has 1 fully saturated rings. The topological polar surface area (TPSA) is 84.7 Å². The minimum Gasteiger partial charge on any atom is -0.861 e. The van der Waals surface area contributed by atoms with Gasteiger partial charge in [0.1, 0.15) is 6.04 Å². The fourth-order valence-corrected chi connectivity index (χ4v) is 4.31. The van der Waals surface area contributed by atoms with Gasteiger partial charge in [0.2, 0.25) is 5.91 Å². The fourth-order valence-electron chi connectivity index (χ4n) is 4.31. The molecular formula is C20H24N3O4-. The summed E-state index contributed by atoms with van der Waals surface area (Å²) in [5.41, 5.74) is 0.399. The average Bonchev–Trinajstić information content (AvgIpc) is 3.08. The third kappa shape index (κ3) is 2.21. The first kappa shape index (κ1) is 18.0. The van der Waals surface area contributed by atoms with E-state index in [9.17, 15) is 15.2 Å². The summed E-state index contributed by atoms with van der Waals surface area (Å²) in [5, 5.41) is 25.0. The maximum atomic E-state index is 12.9. The van der Waals surface area contributed by atoms with E-state index in [1.165, 1.54) is 4.90 Å². The molecule has 3 heterocycles. The van der Waals surface area contributed by atoms with Crippen molar-refractivity contribution in [1.29, 1.82) is 0 Å². The first-order valence-corrected chi connectivity index (χ1v) is 9.11. The lowest BCUT2D eigenvalue weighted by Crippen LogP contribution is -2.54. The summed E-state index contributed by atoms with van der Waals surface area (Å²) >= 11 is 0. The number of amides is 1. The quantitative estimate of drug-likeness (QED) is 0.328. The third-order valence-electron chi connectivity index (χ3n) is 6.23. The Balaban J connectivity index is 1.76. The molecule has 3 aliphatic heterocycles. The number of likely N-dealkylation sites (N-methyl/N-ethyl adjacent to an activating group) is 1. The van der Waals surface area contributed by atoms with Crippen molar-refractivity contribution in [3.63, 3.8) is 0 Å². The average molecular weight is 370 g/mol. The van der Waals surface area contributed by atoms with Crippen molar-refractivity contribution in [2.24, 2.45) is 4.99 Å². The standard InChI is InChI=1S/C20H25N3O4/c1-6-19(3,4)23-15-10-8-7-9-13(15)20(18(23)27(20)26)11-14-17(25)22(5)12(2)16(24)21-14/h6-10,12,14,18H,1,11H2,2-5H3,(H,21,24)/p-1/t12-,14-,18-,20?/m0/s1. The molecular weight excluding hydrogens is 346 g/mol. The van der Waals surface area contributed by atoms with E-state index in [2.05, 4.69) is 11.6 Å². The van der Waals surface area contributed by atoms with Crippen LogP contribution < -0.4 is 15.3 Å². The number of fused-ring (bicyclic) bond motifs is 3. The largest absolute Gasteiger partial charge is 0.861 e. The number of aliphatic imine (C=N–C) groups is 1. The Bertz CT molecular complexity index is 851. The highest BCUT2D eigenvalue weighted by atomic mass is 17.3. The molecule has 1 unspecified atom stereocenters. The van der Waals surface area contributed by atoms with Crippen molar-refractivity contribution in [3.05, 3.63) is 42.5 Å². The smallest absolute Gasteiger partial charge is 0.324 e.